The van der Waals surface area contributed by atoms with Crippen LogP contribution in [0.2, 0.25) is 0 Å². The van der Waals surface area contributed by atoms with Crippen molar-refractivity contribution in [1.82, 2.24) is 4.57 Å². The average Bonchev–Trinajstić information content (AvgIpc) is 2.74. The Kier molecular flexibility index (Phi) is 3.47. The molecule has 0 radical (unpaired) electrons. The van der Waals surface area contributed by atoms with Gasteiger partial charge in [-0.25, -0.2) is 0 Å². The van der Waals surface area contributed by atoms with Gasteiger partial charge in [0.1, 0.15) is 0 Å². The molecule has 0 aliphatic rings. The van der Waals surface area contributed by atoms with Gasteiger partial charge in [-0.2, -0.15) is 0 Å². The lowest BCUT2D eigenvalue weighted by molar-refractivity contribution is 0.102. The number of Topliss-reactive ketones (excluding diaryl/α,β-unsaturated/α-hetero) is 1. The molecule has 0 fully saturated rings. The molecule has 0 amide bonds. The number of hydrogen-bond acceptors (Lipinski definition) is 2. The summed E-state index contributed by atoms with van der Waals surface area (Å²) in [6, 6.07) is 11.8. The molecule has 0 spiro atoms. The fraction of sp³-hybridized carbons (Fsp3) is 0.154. The minimum absolute atomic E-state index is 0.175. The third-order valence-corrected chi connectivity index (χ3v) is 3.28. The number of benzene rings is 1. The van der Waals surface area contributed by atoms with Crippen molar-refractivity contribution in [2.24, 2.45) is 7.05 Å². The largest absolute Gasteiger partial charge is 0.357 e. The Morgan fingerprint density at radius 2 is 2.00 bits per heavy atom. The normalized spacial score (nSPS) is 10.3. The molecule has 0 atom stereocenters. The maximum absolute atomic E-state index is 11.8. The van der Waals surface area contributed by atoms with E-state index < -0.39 is 0 Å². The first-order chi connectivity index (χ1) is 7.75. The summed E-state index contributed by atoms with van der Waals surface area (Å²) in [6.45, 7) is 0. The van der Waals surface area contributed by atoms with Crippen LogP contribution in [0.5, 0.6) is 0 Å². The second-order valence-electron chi connectivity index (χ2n) is 3.59. The maximum atomic E-state index is 11.8. The molecule has 0 saturated heterocycles. The third kappa shape index (κ3) is 2.76. The predicted molar refractivity (Wildman–Crippen MR) is 66.9 cm³/mol. The summed E-state index contributed by atoms with van der Waals surface area (Å²) in [5.41, 5.74) is 0.783. The zero-order valence-electron chi connectivity index (χ0n) is 9.09. The van der Waals surface area contributed by atoms with Gasteiger partial charge >= 0.3 is 0 Å². The lowest BCUT2D eigenvalue weighted by Crippen LogP contribution is -2.00. The van der Waals surface area contributed by atoms with E-state index in [9.17, 15) is 4.79 Å². The van der Waals surface area contributed by atoms with Gasteiger partial charge in [0.25, 0.3) is 0 Å². The smallest absolute Gasteiger partial charge is 0.174 e. The van der Waals surface area contributed by atoms with Gasteiger partial charge in [-0.15, -0.1) is 11.8 Å². The molecule has 1 heterocycles. The Labute approximate surface area is 99.3 Å². The fourth-order valence-electron chi connectivity index (χ4n) is 1.42. The van der Waals surface area contributed by atoms with Crippen LogP contribution in [0.25, 0.3) is 0 Å². The molecule has 0 aliphatic heterocycles. The van der Waals surface area contributed by atoms with E-state index in [1.54, 1.807) is 11.8 Å². The second-order valence-corrected chi connectivity index (χ2v) is 4.64. The zero-order chi connectivity index (χ0) is 11.4. The molecule has 0 N–H and O–H groups in total. The van der Waals surface area contributed by atoms with Crippen LogP contribution in [-0.2, 0) is 7.05 Å². The maximum Gasteiger partial charge on any atom is 0.174 e. The predicted octanol–water partition coefficient (Wildman–Crippen LogP) is 3.00. The monoisotopic (exact) mass is 231 g/mol. The van der Waals surface area contributed by atoms with Crippen LogP contribution in [0.1, 0.15) is 10.4 Å². The summed E-state index contributed by atoms with van der Waals surface area (Å²) in [5.74, 6) is 0.669. The minimum Gasteiger partial charge on any atom is -0.357 e. The number of thioether (sulfide) groups is 1. The van der Waals surface area contributed by atoms with Crippen molar-refractivity contribution in [3.63, 3.8) is 0 Å². The Balaban J connectivity index is 1.94. The van der Waals surface area contributed by atoms with Gasteiger partial charge in [0.05, 0.1) is 5.75 Å². The summed E-state index contributed by atoms with van der Waals surface area (Å²) in [4.78, 5) is 12.9. The molecule has 1 aromatic heterocycles. The number of aromatic nitrogens is 1. The lowest BCUT2D eigenvalue weighted by atomic mass is 10.2. The molecular weight excluding hydrogens is 218 g/mol. The Morgan fingerprint density at radius 1 is 1.25 bits per heavy atom. The summed E-state index contributed by atoms with van der Waals surface area (Å²) in [6.07, 6.45) is 3.74. The molecular formula is C13H13NOS. The molecule has 2 rings (SSSR count). The SMILES string of the molecule is Cn1ccc(C(=O)CSc2ccccc2)c1. The van der Waals surface area contributed by atoms with Crippen molar-refractivity contribution < 1.29 is 4.79 Å². The molecule has 0 bridgehead atoms. The molecule has 0 aliphatic carbocycles. The van der Waals surface area contributed by atoms with Gasteiger partial charge in [0.2, 0.25) is 0 Å². The summed E-state index contributed by atoms with van der Waals surface area (Å²) >= 11 is 1.57. The molecule has 2 aromatic rings. The Hall–Kier alpha value is -1.48. The molecule has 1 aromatic carbocycles. The number of hydrogen-bond donors (Lipinski definition) is 0. The van der Waals surface area contributed by atoms with Crippen LogP contribution in [0, 0.1) is 0 Å². The Bertz CT molecular complexity index is 476. The first-order valence-corrected chi connectivity index (χ1v) is 6.07. The highest BCUT2D eigenvalue weighted by Crippen LogP contribution is 2.18. The van der Waals surface area contributed by atoms with Gasteiger partial charge < -0.3 is 4.57 Å². The molecule has 0 saturated carbocycles. The van der Waals surface area contributed by atoms with Crippen LogP contribution in [0.4, 0.5) is 0 Å². The Morgan fingerprint density at radius 3 is 2.62 bits per heavy atom. The van der Waals surface area contributed by atoms with E-state index in [2.05, 4.69) is 0 Å². The van der Waals surface area contributed by atoms with Gasteiger partial charge in [0, 0.05) is 29.9 Å². The van der Waals surface area contributed by atoms with Gasteiger partial charge in [-0.05, 0) is 18.2 Å². The highest BCUT2D eigenvalue weighted by Gasteiger charge is 2.07. The minimum atomic E-state index is 0.175. The molecule has 2 nitrogen and oxygen atoms in total. The van der Waals surface area contributed by atoms with E-state index in [1.807, 2.05) is 60.4 Å². The standard InChI is InChI=1S/C13H13NOS/c1-14-8-7-11(9-14)13(15)10-16-12-5-3-2-4-6-12/h2-9H,10H2,1H3. The first-order valence-electron chi connectivity index (χ1n) is 5.09. The van der Waals surface area contributed by atoms with Crippen molar-refractivity contribution in [2.45, 2.75) is 4.90 Å². The first kappa shape index (κ1) is 11.0. The van der Waals surface area contributed by atoms with Crippen molar-refractivity contribution >= 4 is 17.5 Å². The summed E-state index contributed by atoms with van der Waals surface area (Å²) in [7, 11) is 1.92. The van der Waals surface area contributed by atoms with Gasteiger partial charge in [0.15, 0.2) is 5.78 Å². The highest BCUT2D eigenvalue weighted by molar-refractivity contribution is 8.00. The van der Waals surface area contributed by atoms with Crippen LogP contribution < -0.4 is 0 Å². The van der Waals surface area contributed by atoms with Crippen LogP contribution in [0.15, 0.2) is 53.7 Å². The average molecular weight is 231 g/mol. The van der Waals surface area contributed by atoms with Crippen LogP contribution in [-0.4, -0.2) is 16.1 Å². The highest BCUT2D eigenvalue weighted by atomic mass is 32.2. The lowest BCUT2D eigenvalue weighted by Gasteiger charge is -1.99. The van der Waals surface area contributed by atoms with Gasteiger partial charge in [-0.1, -0.05) is 18.2 Å². The van der Waals surface area contributed by atoms with Crippen molar-refractivity contribution in [2.75, 3.05) is 5.75 Å². The quantitative estimate of drug-likeness (QED) is 0.596. The van der Waals surface area contributed by atoms with Crippen molar-refractivity contribution in [3.05, 3.63) is 54.4 Å². The zero-order valence-corrected chi connectivity index (χ0v) is 9.91. The number of rotatable bonds is 4. The number of ketones is 1. The summed E-state index contributed by atoms with van der Waals surface area (Å²) < 4.78 is 1.89. The van der Waals surface area contributed by atoms with E-state index >= 15 is 0 Å². The van der Waals surface area contributed by atoms with Crippen molar-refractivity contribution in [1.29, 1.82) is 0 Å². The van der Waals surface area contributed by atoms with Crippen LogP contribution in [0.3, 0.4) is 0 Å². The second kappa shape index (κ2) is 5.03. The van der Waals surface area contributed by atoms with Crippen molar-refractivity contribution in [3.8, 4) is 0 Å². The van der Waals surface area contributed by atoms with E-state index in [-0.39, 0.29) is 5.78 Å². The molecule has 82 valence electrons. The molecule has 16 heavy (non-hydrogen) atoms. The fourth-order valence-corrected chi connectivity index (χ4v) is 2.23. The number of carbonyl (C=O) groups is 1. The van der Waals surface area contributed by atoms with Crippen LogP contribution >= 0.6 is 11.8 Å². The van der Waals surface area contributed by atoms with E-state index in [4.69, 9.17) is 0 Å². The van der Waals surface area contributed by atoms with E-state index in [0.717, 1.165) is 10.5 Å². The van der Waals surface area contributed by atoms with Gasteiger partial charge in [-0.3, -0.25) is 4.79 Å². The third-order valence-electron chi connectivity index (χ3n) is 2.27. The molecule has 0 unspecified atom stereocenters. The number of carbonyl (C=O) groups excluding carboxylic acids is 1. The molecule has 3 heteroatoms. The van der Waals surface area contributed by atoms with E-state index in [0.29, 0.717) is 5.75 Å². The topological polar surface area (TPSA) is 22.0 Å². The number of nitrogens with zero attached hydrogens (tertiary/aromatic N) is 1. The number of aryl methyl sites for hydroxylation is 1. The van der Waals surface area contributed by atoms with E-state index in [1.165, 1.54) is 0 Å². The summed E-state index contributed by atoms with van der Waals surface area (Å²) in [5, 5.41) is 0.